The Labute approximate surface area is 90.3 Å². The molecule has 2 saturated carbocycles. The highest BCUT2D eigenvalue weighted by Gasteiger charge is 2.38. The zero-order chi connectivity index (χ0) is 10.1. The molecule has 1 heterocycles. The summed E-state index contributed by atoms with van der Waals surface area (Å²) in [5.74, 6) is 2.85. The van der Waals surface area contributed by atoms with Crippen molar-refractivity contribution >= 4 is 0 Å². The summed E-state index contributed by atoms with van der Waals surface area (Å²) in [7, 11) is 0. The van der Waals surface area contributed by atoms with E-state index in [0.717, 1.165) is 30.2 Å². The molecule has 0 radical (unpaired) electrons. The van der Waals surface area contributed by atoms with Gasteiger partial charge in [0, 0.05) is 18.4 Å². The summed E-state index contributed by atoms with van der Waals surface area (Å²) in [5.41, 5.74) is 0. The van der Waals surface area contributed by atoms with E-state index in [2.05, 4.69) is 15.3 Å². The van der Waals surface area contributed by atoms with Crippen molar-refractivity contribution in [1.29, 1.82) is 0 Å². The lowest BCUT2D eigenvalue weighted by molar-refractivity contribution is 0.348. The molecule has 0 spiro atoms. The van der Waals surface area contributed by atoms with E-state index >= 15 is 0 Å². The van der Waals surface area contributed by atoms with Crippen LogP contribution in [0, 0.1) is 11.8 Å². The molecule has 80 valence electrons. The quantitative estimate of drug-likeness (QED) is 0.813. The van der Waals surface area contributed by atoms with Crippen LogP contribution in [0.25, 0.3) is 0 Å². The van der Waals surface area contributed by atoms with E-state index < -0.39 is 0 Å². The third-order valence-electron chi connectivity index (χ3n) is 3.88. The lowest BCUT2D eigenvalue weighted by Crippen LogP contribution is -2.33. The van der Waals surface area contributed by atoms with Crippen molar-refractivity contribution in [3.63, 3.8) is 0 Å². The van der Waals surface area contributed by atoms with Gasteiger partial charge in [0.1, 0.15) is 5.82 Å². The molecule has 0 saturated heterocycles. The standard InChI is InChI=1S/C12H17N3/c1-4-13-12(14-5-1)8-15-11-7-9-2-3-10(11)6-9/h1,4-5,9-11,15H,2-3,6-8H2. The zero-order valence-corrected chi connectivity index (χ0v) is 8.89. The van der Waals surface area contributed by atoms with Gasteiger partial charge in [-0.3, -0.25) is 0 Å². The Morgan fingerprint density at radius 3 is 2.73 bits per heavy atom. The molecule has 1 aromatic rings. The summed E-state index contributed by atoms with van der Waals surface area (Å²) < 4.78 is 0. The lowest BCUT2D eigenvalue weighted by atomic mass is 9.95. The number of hydrogen-bond acceptors (Lipinski definition) is 3. The van der Waals surface area contributed by atoms with Crippen LogP contribution in [0.4, 0.5) is 0 Å². The van der Waals surface area contributed by atoms with Gasteiger partial charge in [0.05, 0.1) is 6.54 Å². The number of nitrogens with one attached hydrogen (secondary N) is 1. The van der Waals surface area contributed by atoms with Crippen LogP contribution in [0.1, 0.15) is 31.5 Å². The van der Waals surface area contributed by atoms with Gasteiger partial charge in [-0.2, -0.15) is 0 Å². The third kappa shape index (κ3) is 1.88. The van der Waals surface area contributed by atoms with Gasteiger partial charge in [0.2, 0.25) is 0 Å². The Morgan fingerprint density at radius 1 is 1.20 bits per heavy atom. The van der Waals surface area contributed by atoms with Crippen LogP contribution in [-0.2, 0) is 6.54 Å². The van der Waals surface area contributed by atoms with Crippen molar-refractivity contribution in [3.05, 3.63) is 24.3 Å². The number of rotatable bonds is 3. The maximum Gasteiger partial charge on any atom is 0.141 e. The van der Waals surface area contributed by atoms with E-state index in [9.17, 15) is 0 Å². The number of hydrogen-bond donors (Lipinski definition) is 1. The second-order valence-electron chi connectivity index (χ2n) is 4.83. The van der Waals surface area contributed by atoms with Crippen LogP contribution < -0.4 is 5.32 Å². The first-order valence-corrected chi connectivity index (χ1v) is 5.91. The van der Waals surface area contributed by atoms with E-state index in [-0.39, 0.29) is 0 Å². The smallest absolute Gasteiger partial charge is 0.141 e. The Hall–Kier alpha value is -0.960. The predicted octanol–water partition coefficient (Wildman–Crippen LogP) is 1.75. The average molecular weight is 203 g/mol. The van der Waals surface area contributed by atoms with E-state index in [1.54, 1.807) is 0 Å². The molecule has 0 aromatic carbocycles. The van der Waals surface area contributed by atoms with Crippen LogP contribution >= 0.6 is 0 Å². The maximum absolute atomic E-state index is 4.23. The first kappa shape index (κ1) is 9.28. The van der Waals surface area contributed by atoms with Gasteiger partial charge in [-0.1, -0.05) is 6.42 Å². The molecule has 2 aliphatic rings. The van der Waals surface area contributed by atoms with Gasteiger partial charge < -0.3 is 5.32 Å². The monoisotopic (exact) mass is 203 g/mol. The Bertz CT molecular complexity index is 325. The summed E-state index contributed by atoms with van der Waals surface area (Å²) >= 11 is 0. The second-order valence-corrected chi connectivity index (χ2v) is 4.83. The highest BCUT2D eigenvalue weighted by Crippen LogP contribution is 2.44. The van der Waals surface area contributed by atoms with E-state index in [1.807, 2.05) is 18.5 Å². The molecule has 2 bridgehead atoms. The van der Waals surface area contributed by atoms with Gasteiger partial charge in [-0.15, -0.1) is 0 Å². The number of fused-ring (bicyclic) bond motifs is 2. The van der Waals surface area contributed by atoms with Crippen molar-refractivity contribution in [2.75, 3.05) is 0 Å². The summed E-state index contributed by atoms with van der Waals surface area (Å²) in [5, 5.41) is 3.60. The van der Waals surface area contributed by atoms with Crippen molar-refractivity contribution < 1.29 is 0 Å². The zero-order valence-electron chi connectivity index (χ0n) is 8.89. The van der Waals surface area contributed by atoms with E-state index in [4.69, 9.17) is 0 Å². The fourth-order valence-electron chi connectivity index (χ4n) is 3.14. The molecule has 1 N–H and O–H groups in total. The van der Waals surface area contributed by atoms with Crippen LogP contribution in [0.2, 0.25) is 0 Å². The summed E-state index contributed by atoms with van der Waals surface area (Å²) in [6.45, 7) is 0.828. The largest absolute Gasteiger partial charge is 0.307 e. The topological polar surface area (TPSA) is 37.8 Å². The molecule has 3 rings (SSSR count). The molecule has 0 aliphatic heterocycles. The highest BCUT2D eigenvalue weighted by molar-refractivity contribution is 4.96. The van der Waals surface area contributed by atoms with Crippen molar-refractivity contribution in [2.45, 2.75) is 38.3 Å². The predicted molar refractivity (Wildman–Crippen MR) is 58.1 cm³/mol. The van der Waals surface area contributed by atoms with Gasteiger partial charge >= 0.3 is 0 Å². The fourth-order valence-corrected chi connectivity index (χ4v) is 3.14. The van der Waals surface area contributed by atoms with Crippen LogP contribution in [0.5, 0.6) is 0 Å². The van der Waals surface area contributed by atoms with Crippen LogP contribution in [0.3, 0.4) is 0 Å². The molecule has 15 heavy (non-hydrogen) atoms. The number of aromatic nitrogens is 2. The summed E-state index contributed by atoms with van der Waals surface area (Å²) in [6.07, 6.45) is 9.34. The highest BCUT2D eigenvalue weighted by atomic mass is 15.0. The molecular formula is C12H17N3. The summed E-state index contributed by atoms with van der Waals surface area (Å²) in [4.78, 5) is 8.46. The average Bonchev–Trinajstić information content (AvgIpc) is 2.89. The molecule has 3 heteroatoms. The minimum Gasteiger partial charge on any atom is -0.307 e. The molecular weight excluding hydrogens is 186 g/mol. The Balaban J connectivity index is 1.55. The molecule has 3 atom stereocenters. The third-order valence-corrected chi connectivity index (χ3v) is 3.88. The summed E-state index contributed by atoms with van der Waals surface area (Å²) in [6, 6.07) is 2.59. The molecule has 2 fully saturated rings. The van der Waals surface area contributed by atoms with Gasteiger partial charge in [-0.05, 0) is 37.2 Å². The Morgan fingerprint density at radius 2 is 2.07 bits per heavy atom. The molecule has 3 unspecified atom stereocenters. The minimum atomic E-state index is 0.729. The van der Waals surface area contributed by atoms with E-state index in [1.165, 1.54) is 25.7 Å². The van der Waals surface area contributed by atoms with Crippen LogP contribution in [0.15, 0.2) is 18.5 Å². The van der Waals surface area contributed by atoms with Gasteiger partial charge in [0.25, 0.3) is 0 Å². The molecule has 0 amide bonds. The maximum atomic E-state index is 4.23. The van der Waals surface area contributed by atoms with Gasteiger partial charge in [0.15, 0.2) is 0 Å². The SMILES string of the molecule is c1cnc(CNC2CC3CCC2C3)nc1. The molecule has 3 nitrogen and oxygen atoms in total. The van der Waals surface area contributed by atoms with Crippen LogP contribution in [-0.4, -0.2) is 16.0 Å². The molecule has 2 aliphatic carbocycles. The minimum absolute atomic E-state index is 0.729. The van der Waals surface area contributed by atoms with E-state index in [0.29, 0.717) is 0 Å². The first-order valence-electron chi connectivity index (χ1n) is 5.91. The van der Waals surface area contributed by atoms with Gasteiger partial charge in [-0.25, -0.2) is 9.97 Å². The normalized spacial score (nSPS) is 33.5. The van der Waals surface area contributed by atoms with Crippen molar-refractivity contribution in [1.82, 2.24) is 15.3 Å². The Kier molecular flexibility index (Phi) is 2.41. The fraction of sp³-hybridized carbons (Fsp3) is 0.667. The second kappa shape index (κ2) is 3.89. The van der Waals surface area contributed by atoms with Crippen molar-refractivity contribution in [3.8, 4) is 0 Å². The molecule has 1 aromatic heterocycles. The first-order chi connectivity index (χ1) is 7.42. The lowest BCUT2D eigenvalue weighted by Gasteiger charge is -2.22. The number of nitrogens with zero attached hydrogens (tertiary/aromatic N) is 2. The van der Waals surface area contributed by atoms with Crippen molar-refractivity contribution in [2.24, 2.45) is 11.8 Å².